The van der Waals surface area contributed by atoms with Crippen molar-refractivity contribution in [2.45, 2.75) is 19.4 Å². The quantitative estimate of drug-likeness (QED) is 0.625. The lowest BCUT2D eigenvalue weighted by atomic mass is 9.98. The van der Waals surface area contributed by atoms with Crippen molar-refractivity contribution in [1.29, 1.82) is 0 Å². The molecule has 13 heavy (non-hydrogen) atoms. The second kappa shape index (κ2) is 4.40. The van der Waals surface area contributed by atoms with Crippen molar-refractivity contribution in [3.63, 3.8) is 0 Å². The number of hydrogen-bond acceptors (Lipinski definition) is 3. The third-order valence-corrected chi connectivity index (χ3v) is 3.51. The van der Waals surface area contributed by atoms with Gasteiger partial charge in [0.1, 0.15) is 0 Å². The summed E-state index contributed by atoms with van der Waals surface area (Å²) in [5.41, 5.74) is 0. The summed E-state index contributed by atoms with van der Waals surface area (Å²) in [6, 6.07) is 0.775. The SMILES string of the molecule is CC(C1CCNC1)N1CCNCC1. The third kappa shape index (κ3) is 2.22. The van der Waals surface area contributed by atoms with Gasteiger partial charge in [0.05, 0.1) is 0 Å². The molecule has 0 spiro atoms. The van der Waals surface area contributed by atoms with Gasteiger partial charge in [-0.25, -0.2) is 0 Å². The van der Waals surface area contributed by atoms with E-state index < -0.39 is 0 Å². The molecule has 2 fully saturated rings. The maximum atomic E-state index is 3.45. The molecule has 0 aromatic heterocycles. The topological polar surface area (TPSA) is 27.3 Å². The first kappa shape index (κ1) is 9.44. The molecule has 2 rings (SSSR count). The molecule has 0 aromatic rings. The van der Waals surface area contributed by atoms with E-state index in [2.05, 4.69) is 22.5 Å². The smallest absolute Gasteiger partial charge is 0.0110 e. The fourth-order valence-electron chi connectivity index (χ4n) is 2.48. The van der Waals surface area contributed by atoms with Crippen LogP contribution in [-0.4, -0.2) is 50.2 Å². The van der Waals surface area contributed by atoms with Crippen LogP contribution in [0.5, 0.6) is 0 Å². The Morgan fingerprint density at radius 1 is 1.15 bits per heavy atom. The zero-order valence-electron chi connectivity index (χ0n) is 8.55. The Morgan fingerprint density at radius 2 is 1.92 bits per heavy atom. The minimum Gasteiger partial charge on any atom is -0.316 e. The summed E-state index contributed by atoms with van der Waals surface area (Å²) in [4.78, 5) is 2.63. The Morgan fingerprint density at radius 3 is 2.54 bits per heavy atom. The van der Waals surface area contributed by atoms with Crippen LogP contribution in [0.25, 0.3) is 0 Å². The van der Waals surface area contributed by atoms with Crippen molar-refractivity contribution in [1.82, 2.24) is 15.5 Å². The Labute approximate surface area is 80.9 Å². The predicted octanol–water partition coefficient (Wildman–Crippen LogP) is -0.110. The van der Waals surface area contributed by atoms with Crippen molar-refractivity contribution in [2.24, 2.45) is 5.92 Å². The van der Waals surface area contributed by atoms with E-state index in [1.807, 2.05) is 0 Å². The lowest BCUT2D eigenvalue weighted by Gasteiger charge is -2.35. The second-order valence-electron chi connectivity index (χ2n) is 4.28. The van der Waals surface area contributed by atoms with Crippen LogP contribution in [0, 0.1) is 5.92 Å². The maximum Gasteiger partial charge on any atom is 0.0110 e. The van der Waals surface area contributed by atoms with E-state index in [0.29, 0.717) is 0 Å². The van der Waals surface area contributed by atoms with Crippen LogP contribution in [0.3, 0.4) is 0 Å². The fourth-order valence-corrected chi connectivity index (χ4v) is 2.48. The van der Waals surface area contributed by atoms with Crippen LogP contribution >= 0.6 is 0 Å². The Balaban J connectivity index is 1.83. The molecule has 0 saturated carbocycles. The van der Waals surface area contributed by atoms with Gasteiger partial charge < -0.3 is 10.6 Å². The summed E-state index contributed by atoms with van der Waals surface area (Å²) in [7, 11) is 0. The van der Waals surface area contributed by atoms with Gasteiger partial charge in [-0.05, 0) is 32.4 Å². The molecule has 3 heteroatoms. The Bertz CT molecular complexity index is 148. The molecule has 2 saturated heterocycles. The zero-order chi connectivity index (χ0) is 9.10. The maximum absolute atomic E-state index is 3.45. The first-order chi connectivity index (χ1) is 6.38. The molecule has 76 valence electrons. The largest absolute Gasteiger partial charge is 0.316 e. The van der Waals surface area contributed by atoms with Gasteiger partial charge in [0, 0.05) is 32.2 Å². The molecule has 0 radical (unpaired) electrons. The number of piperazine rings is 1. The Hall–Kier alpha value is -0.120. The van der Waals surface area contributed by atoms with Crippen molar-refractivity contribution in [3.05, 3.63) is 0 Å². The van der Waals surface area contributed by atoms with Gasteiger partial charge in [-0.2, -0.15) is 0 Å². The highest BCUT2D eigenvalue weighted by Gasteiger charge is 2.26. The lowest BCUT2D eigenvalue weighted by molar-refractivity contribution is 0.143. The number of rotatable bonds is 2. The number of nitrogens with one attached hydrogen (secondary N) is 2. The summed E-state index contributed by atoms with van der Waals surface area (Å²) >= 11 is 0. The van der Waals surface area contributed by atoms with Gasteiger partial charge in [-0.3, -0.25) is 4.90 Å². The summed E-state index contributed by atoms with van der Waals surface area (Å²) < 4.78 is 0. The van der Waals surface area contributed by atoms with Crippen molar-refractivity contribution < 1.29 is 0 Å². The summed E-state index contributed by atoms with van der Waals surface area (Å²) in [6.07, 6.45) is 1.37. The average Bonchev–Trinajstić information content (AvgIpc) is 2.71. The van der Waals surface area contributed by atoms with Gasteiger partial charge in [0.25, 0.3) is 0 Å². The first-order valence-corrected chi connectivity index (χ1v) is 5.53. The van der Waals surface area contributed by atoms with Crippen LogP contribution in [-0.2, 0) is 0 Å². The lowest BCUT2D eigenvalue weighted by Crippen LogP contribution is -2.50. The van der Waals surface area contributed by atoms with Crippen LogP contribution < -0.4 is 10.6 Å². The van der Waals surface area contributed by atoms with Crippen LogP contribution in [0.2, 0.25) is 0 Å². The third-order valence-electron chi connectivity index (χ3n) is 3.51. The Kier molecular flexibility index (Phi) is 3.19. The van der Waals surface area contributed by atoms with E-state index in [0.717, 1.165) is 12.0 Å². The molecular weight excluding hydrogens is 162 g/mol. The summed E-state index contributed by atoms with van der Waals surface area (Å²) in [5.74, 6) is 0.887. The molecule has 2 unspecified atom stereocenters. The average molecular weight is 183 g/mol. The highest BCUT2D eigenvalue weighted by atomic mass is 15.2. The van der Waals surface area contributed by atoms with E-state index in [1.165, 1.54) is 45.7 Å². The molecule has 0 bridgehead atoms. The van der Waals surface area contributed by atoms with E-state index >= 15 is 0 Å². The van der Waals surface area contributed by atoms with Crippen LogP contribution in [0.1, 0.15) is 13.3 Å². The van der Waals surface area contributed by atoms with Gasteiger partial charge in [-0.15, -0.1) is 0 Å². The van der Waals surface area contributed by atoms with Gasteiger partial charge in [-0.1, -0.05) is 0 Å². The fraction of sp³-hybridized carbons (Fsp3) is 1.00. The van der Waals surface area contributed by atoms with Crippen molar-refractivity contribution in [2.75, 3.05) is 39.3 Å². The summed E-state index contributed by atoms with van der Waals surface area (Å²) in [6.45, 7) is 9.65. The highest BCUT2D eigenvalue weighted by molar-refractivity contribution is 4.84. The van der Waals surface area contributed by atoms with Gasteiger partial charge in [0.15, 0.2) is 0 Å². The van der Waals surface area contributed by atoms with Gasteiger partial charge >= 0.3 is 0 Å². The van der Waals surface area contributed by atoms with Crippen LogP contribution in [0.4, 0.5) is 0 Å². The predicted molar refractivity (Wildman–Crippen MR) is 54.9 cm³/mol. The number of hydrogen-bond donors (Lipinski definition) is 2. The second-order valence-corrected chi connectivity index (χ2v) is 4.28. The molecule has 2 atom stereocenters. The molecular formula is C10H21N3. The molecule has 0 aromatic carbocycles. The molecule has 2 aliphatic rings. The van der Waals surface area contributed by atoms with Crippen molar-refractivity contribution >= 4 is 0 Å². The summed E-state index contributed by atoms with van der Waals surface area (Å²) in [5, 5.41) is 6.85. The van der Waals surface area contributed by atoms with Crippen LogP contribution in [0.15, 0.2) is 0 Å². The van der Waals surface area contributed by atoms with Crippen molar-refractivity contribution in [3.8, 4) is 0 Å². The molecule has 2 aliphatic heterocycles. The van der Waals surface area contributed by atoms with E-state index in [9.17, 15) is 0 Å². The molecule has 0 amide bonds. The normalized spacial score (nSPS) is 33.5. The standard InChI is InChI=1S/C10H21N3/c1-9(10-2-3-12-8-10)13-6-4-11-5-7-13/h9-12H,2-8H2,1H3. The minimum atomic E-state index is 0.775. The monoisotopic (exact) mass is 183 g/mol. The molecule has 3 nitrogen and oxygen atoms in total. The van der Waals surface area contributed by atoms with Gasteiger partial charge in [0.2, 0.25) is 0 Å². The van der Waals surface area contributed by atoms with E-state index in [-0.39, 0.29) is 0 Å². The first-order valence-electron chi connectivity index (χ1n) is 5.53. The minimum absolute atomic E-state index is 0.775. The molecule has 2 heterocycles. The van der Waals surface area contributed by atoms with E-state index in [4.69, 9.17) is 0 Å². The molecule has 2 N–H and O–H groups in total. The highest BCUT2D eigenvalue weighted by Crippen LogP contribution is 2.17. The molecule has 0 aliphatic carbocycles. The zero-order valence-corrected chi connectivity index (χ0v) is 8.55. The van der Waals surface area contributed by atoms with E-state index in [1.54, 1.807) is 0 Å². The number of nitrogens with zero attached hydrogens (tertiary/aromatic N) is 1.